The highest BCUT2D eigenvalue weighted by atomic mass is 32.1. The largest absolute Gasteiger partial charge is 0.495 e. The summed E-state index contributed by atoms with van der Waals surface area (Å²) in [7, 11) is 1.51. The summed E-state index contributed by atoms with van der Waals surface area (Å²) in [5, 5.41) is 11.0. The van der Waals surface area contributed by atoms with E-state index in [9.17, 15) is 14.7 Å². The number of likely N-dealkylation sites (N-methyl/N-ethyl adjacent to an activating group) is 1. The predicted molar refractivity (Wildman–Crippen MR) is 73.3 cm³/mol. The molecule has 20 heavy (non-hydrogen) atoms. The van der Waals surface area contributed by atoms with Gasteiger partial charge in [-0.1, -0.05) is 0 Å². The predicted octanol–water partition coefficient (Wildman–Crippen LogP) is 1.32. The van der Waals surface area contributed by atoms with Crippen LogP contribution in [0.4, 0.5) is 0 Å². The van der Waals surface area contributed by atoms with Crippen molar-refractivity contribution in [3.63, 3.8) is 0 Å². The van der Waals surface area contributed by atoms with E-state index in [4.69, 9.17) is 9.47 Å². The number of ether oxygens (including phenoxy) is 2. The molecule has 1 N–H and O–H groups in total. The Morgan fingerprint density at radius 3 is 2.90 bits per heavy atom. The van der Waals surface area contributed by atoms with Crippen molar-refractivity contribution in [3.8, 4) is 5.75 Å². The van der Waals surface area contributed by atoms with Crippen molar-refractivity contribution in [2.24, 2.45) is 5.92 Å². The minimum absolute atomic E-state index is 0.144. The molecule has 6 nitrogen and oxygen atoms in total. The van der Waals surface area contributed by atoms with Crippen molar-refractivity contribution in [2.75, 3.05) is 26.9 Å². The second-order valence-electron chi connectivity index (χ2n) is 4.46. The first kappa shape index (κ1) is 14.8. The van der Waals surface area contributed by atoms with Crippen LogP contribution in [0, 0.1) is 5.92 Å². The maximum atomic E-state index is 12.6. The number of carbonyl (C=O) groups is 2. The first-order chi connectivity index (χ1) is 9.60. The summed E-state index contributed by atoms with van der Waals surface area (Å²) >= 11 is 1.29. The molecule has 0 saturated carbocycles. The third-order valence-corrected chi connectivity index (χ3v) is 4.30. The minimum atomic E-state index is -0.933. The Morgan fingerprint density at radius 1 is 1.55 bits per heavy atom. The minimum Gasteiger partial charge on any atom is -0.495 e. The summed E-state index contributed by atoms with van der Waals surface area (Å²) in [4.78, 5) is 25.9. The van der Waals surface area contributed by atoms with Gasteiger partial charge in [0.1, 0.15) is 16.5 Å². The Kier molecular flexibility index (Phi) is 4.61. The van der Waals surface area contributed by atoms with Gasteiger partial charge >= 0.3 is 5.97 Å². The Morgan fingerprint density at radius 2 is 2.30 bits per heavy atom. The number of methoxy groups -OCH3 is 1. The summed E-state index contributed by atoms with van der Waals surface area (Å²) in [5.74, 6) is -1.30. The number of thiophene rings is 1. The second kappa shape index (κ2) is 6.23. The zero-order valence-electron chi connectivity index (χ0n) is 11.4. The number of nitrogens with zero attached hydrogens (tertiary/aromatic N) is 1. The molecule has 1 aliphatic rings. The molecule has 2 atom stereocenters. The van der Waals surface area contributed by atoms with Gasteiger partial charge in [-0.05, 0) is 18.4 Å². The van der Waals surface area contributed by atoms with Gasteiger partial charge in [0.2, 0.25) is 0 Å². The topological polar surface area (TPSA) is 76.1 Å². The lowest BCUT2D eigenvalue weighted by Crippen LogP contribution is -2.46. The normalized spacial score (nSPS) is 21.7. The fourth-order valence-corrected chi connectivity index (χ4v) is 3.17. The number of carboxylic acids is 1. The van der Waals surface area contributed by atoms with Gasteiger partial charge in [0.05, 0.1) is 26.4 Å². The molecule has 1 aliphatic heterocycles. The van der Waals surface area contributed by atoms with Gasteiger partial charge in [-0.2, -0.15) is 0 Å². The lowest BCUT2D eigenvalue weighted by Gasteiger charge is -2.29. The third-order valence-electron chi connectivity index (χ3n) is 3.41. The van der Waals surface area contributed by atoms with E-state index in [2.05, 4.69) is 0 Å². The van der Waals surface area contributed by atoms with E-state index >= 15 is 0 Å². The third kappa shape index (κ3) is 2.64. The van der Waals surface area contributed by atoms with Crippen molar-refractivity contribution < 1.29 is 24.2 Å². The maximum absolute atomic E-state index is 12.6. The highest BCUT2D eigenvalue weighted by molar-refractivity contribution is 7.12. The van der Waals surface area contributed by atoms with Crippen LogP contribution in [0.5, 0.6) is 5.75 Å². The van der Waals surface area contributed by atoms with Crippen molar-refractivity contribution in [1.29, 1.82) is 0 Å². The first-order valence-electron chi connectivity index (χ1n) is 6.33. The highest BCUT2D eigenvalue weighted by Crippen LogP contribution is 2.29. The molecule has 1 amide bonds. The van der Waals surface area contributed by atoms with Crippen LogP contribution in [0.3, 0.4) is 0 Å². The quantitative estimate of drug-likeness (QED) is 0.887. The second-order valence-corrected chi connectivity index (χ2v) is 5.37. The fourth-order valence-electron chi connectivity index (χ4n) is 2.36. The lowest BCUT2D eigenvalue weighted by molar-refractivity contribution is -0.142. The van der Waals surface area contributed by atoms with E-state index in [0.717, 1.165) is 0 Å². The highest BCUT2D eigenvalue weighted by Gasteiger charge is 2.40. The summed E-state index contributed by atoms with van der Waals surface area (Å²) in [5.41, 5.74) is 0. The van der Waals surface area contributed by atoms with Gasteiger partial charge in [-0.3, -0.25) is 9.59 Å². The van der Waals surface area contributed by atoms with E-state index in [1.54, 1.807) is 16.3 Å². The van der Waals surface area contributed by atoms with E-state index in [-0.39, 0.29) is 19.1 Å². The van der Waals surface area contributed by atoms with Gasteiger partial charge in [0, 0.05) is 6.54 Å². The molecule has 1 fully saturated rings. The molecule has 2 rings (SSSR count). The Bertz CT molecular complexity index is 501. The number of rotatable bonds is 5. The van der Waals surface area contributed by atoms with Crippen LogP contribution in [0.1, 0.15) is 16.6 Å². The summed E-state index contributed by atoms with van der Waals surface area (Å²) in [6.07, 6.45) is 0. The van der Waals surface area contributed by atoms with Crippen molar-refractivity contribution >= 4 is 23.2 Å². The summed E-state index contributed by atoms with van der Waals surface area (Å²) < 4.78 is 10.4. The average molecular weight is 299 g/mol. The number of hydrogen-bond donors (Lipinski definition) is 1. The van der Waals surface area contributed by atoms with Gasteiger partial charge in [0.15, 0.2) is 0 Å². The number of carboxylic acid groups (broad SMARTS) is 1. The molecule has 1 aromatic rings. The van der Waals surface area contributed by atoms with Crippen LogP contribution in [0.25, 0.3) is 0 Å². The molecule has 2 unspecified atom stereocenters. The van der Waals surface area contributed by atoms with Crippen LogP contribution in [0.2, 0.25) is 0 Å². The number of carbonyl (C=O) groups excluding carboxylic acids is 1. The first-order valence-corrected chi connectivity index (χ1v) is 7.21. The fraction of sp³-hybridized carbons (Fsp3) is 0.538. The smallest absolute Gasteiger partial charge is 0.311 e. The Balaban J connectivity index is 2.24. The van der Waals surface area contributed by atoms with Crippen molar-refractivity contribution in [1.82, 2.24) is 4.90 Å². The van der Waals surface area contributed by atoms with Crippen LogP contribution in [0.15, 0.2) is 11.4 Å². The van der Waals surface area contributed by atoms with E-state index in [0.29, 0.717) is 17.2 Å². The van der Waals surface area contributed by atoms with Gasteiger partial charge in [0.25, 0.3) is 5.91 Å². The standard InChI is InChI=1S/C13H17NO5S/c1-3-14(9-7-19-6-8(9)13(16)17)12(15)11-10(18-2)4-5-20-11/h4-5,8-9H,3,6-7H2,1-2H3,(H,16,17). The van der Waals surface area contributed by atoms with Gasteiger partial charge in [-0.25, -0.2) is 0 Å². The number of amides is 1. The molecule has 0 bridgehead atoms. The van der Waals surface area contributed by atoms with E-state index in [1.807, 2.05) is 6.92 Å². The zero-order chi connectivity index (χ0) is 14.7. The van der Waals surface area contributed by atoms with Crippen molar-refractivity contribution in [3.05, 3.63) is 16.3 Å². The van der Waals surface area contributed by atoms with E-state index < -0.39 is 17.9 Å². The van der Waals surface area contributed by atoms with Crippen LogP contribution in [-0.2, 0) is 9.53 Å². The van der Waals surface area contributed by atoms with Gasteiger partial charge in [-0.15, -0.1) is 11.3 Å². The van der Waals surface area contributed by atoms with Crippen molar-refractivity contribution in [2.45, 2.75) is 13.0 Å². The SMILES string of the molecule is CCN(C(=O)c1sccc1OC)C1COCC1C(=O)O. The van der Waals surface area contributed by atoms with Crippen LogP contribution >= 0.6 is 11.3 Å². The molecule has 0 aliphatic carbocycles. The summed E-state index contributed by atoms with van der Waals surface area (Å²) in [6.45, 7) is 2.66. The maximum Gasteiger partial charge on any atom is 0.311 e. The number of aliphatic carboxylic acids is 1. The number of hydrogen-bond acceptors (Lipinski definition) is 5. The van der Waals surface area contributed by atoms with Gasteiger partial charge < -0.3 is 19.5 Å². The molecule has 1 saturated heterocycles. The average Bonchev–Trinajstić information content (AvgIpc) is 3.07. The molecule has 7 heteroatoms. The molecular weight excluding hydrogens is 282 g/mol. The molecule has 0 aromatic carbocycles. The molecule has 110 valence electrons. The molecule has 0 spiro atoms. The Labute approximate surface area is 120 Å². The lowest BCUT2D eigenvalue weighted by atomic mass is 10.0. The Hall–Kier alpha value is -1.60. The molecule has 1 aromatic heterocycles. The summed E-state index contributed by atoms with van der Waals surface area (Å²) in [6, 6.07) is 1.29. The monoisotopic (exact) mass is 299 g/mol. The molecule has 2 heterocycles. The molecular formula is C13H17NO5S. The van der Waals surface area contributed by atoms with Crippen LogP contribution in [-0.4, -0.2) is 54.8 Å². The zero-order valence-corrected chi connectivity index (χ0v) is 12.2. The molecule has 0 radical (unpaired) electrons. The van der Waals surface area contributed by atoms with E-state index in [1.165, 1.54) is 18.4 Å². The van der Waals surface area contributed by atoms with Crippen LogP contribution < -0.4 is 4.74 Å².